The van der Waals surface area contributed by atoms with Crippen molar-refractivity contribution in [2.75, 3.05) is 30.5 Å². The second-order valence-corrected chi connectivity index (χ2v) is 21.4. The molecule has 0 amide bonds. The van der Waals surface area contributed by atoms with Crippen LogP contribution in [0.25, 0.3) is 0 Å². The van der Waals surface area contributed by atoms with Crippen LogP contribution < -0.4 is 0 Å². The summed E-state index contributed by atoms with van der Waals surface area (Å²) in [4.78, 5) is 0. The summed E-state index contributed by atoms with van der Waals surface area (Å²) in [5, 5.41) is 19.3. The van der Waals surface area contributed by atoms with Crippen LogP contribution in [0.1, 0.15) is 153 Å². The van der Waals surface area contributed by atoms with Crippen LogP contribution in [0.2, 0.25) is 0 Å². The molecular formula is C40H74O2S2. The second kappa shape index (κ2) is 16.3. The molecule has 0 aromatic heterocycles. The number of aliphatic hydroxyl groups excluding tert-OH is 2. The van der Waals surface area contributed by atoms with Gasteiger partial charge in [-0.25, -0.2) is 0 Å². The number of aliphatic hydroxyl groups is 2. The Labute approximate surface area is 284 Å². The van der Waals surface area contributed by atoms with Crippen LogP contribution in [0.15, 0.2) is 18.2 Å². The molecule has 258 valence electrons. The zero-order valence-corrected chi connectivity index (χ0v) is 33.7. The molecule has 0 bridgehead atoms. The van der Waals surface area contributed by atoms with Crippen molar-refractivity contribution in [3.05, 3.63) is 34.9 Å². The lowest BCUT2D eigenvalue weighted by atomic mass is 9.63. The normalized spacial score (nSPS) is 15.6. The molecule has 0 spiro atoms. The van der Waals surface area contributed by atoms with Crippen molar-refractivity contribution in [2.24, 2.45) is 28.1 Å². The minimum Gasteiger partial charge on any atom is -0.396 e. The Hall–Kier alpha value is -0.160. The fourth-order valence-corrected chi connectivity index (χ4v) is 10.9. The quantitative estimate of drug-likeness (QED) is 0.146. The highest BCUT2D eigenvalue weighted by molar-refractivity contribution is 8.00. The molecule has 2 nitrogen and oxygen atoms in total. The largest absolute Gasteiger partial charge is 0.396 e. The fourth-order valence-electron chi connectivity index (χ4n) is 8.76. The Kier molecular flexibility index (Phi) is 15.5. The molecule has 0 radical (unpaired) electrons. The van der Waals surface area contributed by atoms with E-state index in [1.807, 2.05) is 23.5 Å². The van der Waals surface area contributed by atoms with Crippen molar-refractivity contribution < 1.29 is 10.2 Å². The lowest BCUT2D eigenvalue weighted by molar-refractivity contribution is 0.139. The Bertz CT molecular complexity index is 997. The van der Waals surface area contributed by atoms with Crippen molar-refractivity contribution >= 4 is 23.5 Å². The van der Waals surface area contributed by atoms with E-state index in [9.17, 15) is 10.2 Å². The van der Waals surface area contributed by atoms with Gasteiger partial charge in [0.1, 0.15) is 0 Å². The van der Waals surface area contributed by atoms with Crippen molar-refractivity contribution in [3.63, 3.8) is 0 Å². The highest BCUT2D eigenvalue weighted by atomic mass is 32.2. The molecule has 0 saturated carbocycles. The smallest absolute Gasteiger partial charge is 0.0521 e. The molecule has 0 fully saturated rings. The standard InChI is InChI=1S/C40H74O2S2/c1-29(2)34(44-20-18-42)40(15,16)28-37(9,10)27-39(13,14)33-22-31(35(4,5)6)21-32(23-33)38(11,12)26-36(7,8)24-30(3)25-43-19-17-41/h21-23,29-30,34,41-42H,17-20,24-28H2,1-16H3. The first-order valence-electron chi connectivity index (χ1n) is 17.4. The third-order valence-electron chi connectivity index (χ3n) is 9.44. The van der Waals surface area contributed by atoms with E-state index >= 15 is 0 Å². The molecule has 2 unspecified atom stereocenters. The molecule has 1 aromatic rings. The Balaban J connectivity index is 3.40. The minimum atomic E-state index is 0.0329. The van der Waals surface area contributed by atoms with Crippen LogP contribution in [0.4, 0.5) is 0 Å². The van der Waals surface area contributed by atoms with E-state index < -0.39 is 0 Å². The first kappa shape index (κ1) is 41.9. The molecule has 0 aliphatic rings. The van der Waals surface area contributed by atoms with Gasteiger partial charge in [-0.15, -0.1) is 0 Å². The molecule has 0 saturated heterocycles. The number of hydrogen-bond donors (Lipinski definition) is 2. The second-order valence-electron chi connectivity index (χ2n) is 19.0. The molecule has 0 aliphatic heterocycles. The average molecular weight is 651 g/mol. The van der Waals surface area contributed by atoms with Gasteiger partial charge in [-0.3, -0.25) is 0 Å². The third-order valence-corrected chi connectivity index (χ3v) is 12.7. The maximum Gasteiger partial charge on any atom is 0.0521 e. The third kappa shape index (κ3) is 13.5. The summed E-state index contributed by atoms with van der Waals surface area (Å²) in [6.45, 7) is 39.3. The van der Waals surface area contributed by atoms with E-state index in [0.29, 0.717) is 17.1 Å². The Morgan fingerprint density at radius 2 is 1.07 bits per heavy atom. The lowest BCUT2D eigenvalue weighted by Crippen LogP contribution is -2.38. The predicted molar refractivity (Wildman–Crippen MR) is 203 cm³/mol. The van der Waals surface area contributed by atoms with Crippen molar-refractivity contribution in [2.45, 2.75) is 158 Å². The Morgan fingerprint density at radius 3 is 1.50 bits per heavy atom. The van der Waals surface area contributed by atoms with Gasteiger partial charge < -0.3 is 10.2 Å². The fraction of sp³-hybridized carbons (Fsp3) is 0.850. The summed E-state index contributed by atoms with van der Waals surface area (Å²) in [7, 11) is 0. The summed E-state index contributed by atoms with van der Waals surface area (Å²) >= 11 is 3.83. The summed E-state index contributed by atoms with van der Waals surface area (Å²) < 4.78 is 0. The van der Waals surface area contributed by atoms with Gasteiger partial charge in [0.05, 0.1) is 13.2 Å². The van der Waals surface area contributed by atoms with E-state index in [-0.39, 0.29) is 45.7 Å². The van der Waals surface area contributed by atoms with Crippen molar-refractivity contribution in [1.29, 1.82) is 0 Å². The van der Waals surface area contributed by atoms with Crippen molar-refractivity contribution in [1.82, 2.24) is 0 Å². The molecule has 4 heteroatoms. The number of hydrogen-bond acceptors (Lipinski definition) is 4. The van der Waals surface area contributed by atoms with Gasteiger partial charge >= 0.3 is 0 Å². The monoisotopic (exact) mass is 651 g/mol. The van der Waals surface area contributed by atoms with Gasteiger partial charge in [-0.1, -0.05) is 129 Å². The molecule has 2 N–H and O–H groups in total. The first-order chi connectivity index (χ1) is 19.8. The van der Waals surface area contributed by atoms with E-state index in [1.54, 1.807) is 0 Å². The summed E-state index contributed by atoms with van der Waals surface area (Å²) in [6, 6.07) is 7.58. The van der Waals surface area contributed by atoms with E-state index in [0.717, 1.165) is 36.5 Å². The van der Waals surface area contributed by atoms with Crippen LogP contribution >= 0.6 is 23.5 Å². The van der Waals surface area contributed by atoms with E-state index in [4.69, 9.17) is 0 Å². The summed E-state index contributed by atoms with van der Waals surface area (Å²) in [6.07, 6.45) is 4.63. The molecule has 0 heterocycles. The predicted octanol–water partition coefficient (Wildman–Crippen LogP) is 11.3. The van der Waals surface area contributed by atoms with Gasteiger partial charge in [0, 0.05) is 16.8 Å². The molecule has 1 rings (SSSR count). The zero-order chi connectivity index (χ0) is 34.4. The maximum atomic E-state index is 9.54. The molecular weight excluding hydrogens is 577 g/mol. The van der Waals surface area contributed by atoms with Gasteiger partial charge in [0.25, 0.3) is 0 Å². The van der Waals surface area contributed by atoms with E-state index in [2.05, 4.69) is 129 Å². The van der Waals surface area contributed by atoms with Gasteiger partial charge in [0.2, 0.25) is 0 Å². The van der Waals surface area contributed by atoms with Crippen LogP contribution in [0.3, 0.4) is 0 Å². The van der Waals surface area contributed by atoms with Crippen LogP contribution in [-0.4, -0.2) is 45.9 Å². The first-order valence-corrected chi connectivity index (χ1v) is 19.6. The molecule has 0 aliphatic carbocycles. The summed E-state index contributed by atoms with van der Waals surface area (Å²) in [5.74, 6) is 3.98. The zero-order valence-electron chi connectivity index (χ0n) is 32.0. The maximum absolute atomic E-state index is 9.54. The average Bonchev–Trinajstić information content (AvgIpc) is 2.80. The van der Waals surface area contributed by atoms with Gasteiger partial charge in [0.15, 0.2) is 0 Å². The number of benzene rings is 1. The number of rotatable bonds is 19. The van der Waals surface area contributed by atoms with E-state index in [1.165, 1.54) is 23.1 Å². The van der Waals surface area contributed by atoms with Crippen LogP contribution in [0, 0.1) is 28.1 Å². The molecule has 2 atom stereocenters. The van der Waals surface area contributed by atoms with Gasteiger partial charge in [-0.2, -0.15) is 23.5 Å². The van der Waals surface area contributed by atoms with Crippen molar-refractivity contribution in [3.8, 4) is 0 Å². The molecule has 1 aromatic carbocycles. The van der Waals surface area contributed by atoms with Crippen LogP contribution in [0.5, 0.6) is 0 Å². The SMILES string of the molecule is CC(CSCCO)CC(C)(C)CC(C)(C)c1cc(C(C)(C)C)cc(C(C)(C)CC(C)(C)CC(C)(C)C(SCCO)C(C)C)c1. The van der Waals surface area contributed by atoms with Crippen LogP contribution in [-0.2, 0) is 16.2 Å². The Morgan fingerprint density at radius 1 is 0.614 bits per heavy atom. The molecule has 44 heavy (non-hydrogen) atoms. The summed E-state index contributed by atoms with van der Waals surface area (Å²) in [5.41, 5.74) is 5.12. The number of thioether (sulfide) groups is 2. The topological polar surface area (TPSA) is 40.5 Å². The highest BCUT2D eigenvalue weighted by Gasteiger charge is 2.40. The lowest BCUT2D eigenvalue weighted by Gasteiger charge is -2.45. The minimum absolute atomic E-state index is 0.0329. The highest BCUT2D eigenvalue weighted by Crippen LogP contribution is 2.49. The van der Waals surface area contributed by atoms with Gasteiger partial charge in [-0.05, 0) is 92.5 Å².